The van der Waals surface area contributed by atoms with Crippen LogP contribution >= 0.6 is 0 Å². The topological polar surface area (TPSA) is 54.5 Å². The lowest BCUT2D eigenvalue weighted by Gasteiger charge is -2.28. The van der Waals surface area contributed by atoms with Crippen LogP contribution in [0.3, 0.4) is 0 Å². The molecule has 0 saturated carbocycles. The minimum Gasteiger partial charge on any atom is -0.300 e. The van der Waals surface area contributed by atoms with Crippen molar-refractivity contribution in [2.24, 2.45) is 0 Å². The van der Waals surface area contributed by atoms with Gasteiger partial charge in [0.25, 0.3) is 5.91 Å². The normalized spacial score (nSPS) is 18.2. The van der Waals surface area contributed by atoms with Crippen LogP contribution in [0.1, 0.15) is 41.3 Å². The van der Waals surface area contributed by atoms with Gasteiger partial charge in [-0.1, -0.05) is 44.2 Å². The highest BCUT2D eigenvalue weighted by molar-refractivity contribution is 7.94. The van der Waals surface area contributed by atoms with Crippen LogP contribution in [0.25, 0.3) is 0 Å². The van der Waals surface area contributed by atoms with Crippen molar-refractivity contribution in [1.82, 2.24) is 0 Å². The molecule has 136 valence electrons. The van der Waals surface area contributed by atoms with Gasteiger partial charge in [0.1, 0.15) is 0 Å². The van der Waals surface area contributed by atoms with Crippen molar-refractivity contribution in [3.63, 3.8) is 0 Å². The molecule has 26 heavy (non-hydrogen) atoms. The maximum Gasteiger partial charge on any atom is 0.259 e. The first-order valence-electron chi connectivity index (χ1n) is 8.68. The van der Waals surface area contributed by atoms with Crippen LogP contribution in [0.5, 0.6) is 0 Å². The molecule has 0 fully saturated rings. The third-order valence-corrected chi connectivity index (χ3v) is 6.05. The molecule has 0 saturated heterocycles. The number of carbonyl (C=O) groups is 1. The summed E-state index contributed by atoms with van der Waals surface area (Å²) >= 11 is 0. The lowest BCUT2D eigenvalue weighted by atomic mass is 10.0. The first kappa shape index (κ1) is 18.4. The Kier molecular flexibility index (Phi) is 5.01. The van der Waals surface area contributed by atoms with E-state index in [-0.39, 0.29) is 11.7 Å². The number of hydrogen-bond acceptors (Lipinski definition) is 3. The fourth-order valence-corrected chi connectivity index (χ4v) is 4.41. The number of anilines is 1. The minimum atomic E-state index is -3.27. The van der Waals surface area contributed by atoms with Gasteiger partial charge in [0.15, 0.2) is 9.84 Å². The van der Waals surface area contributed by atoms with Crippen molar-refractivity contribution in [2.75, 3.05) is 10.7 Å². The molecule has 4 nitrogen and oxygen atoms in total. The van der Waals surface area contributed by atoms with Gasteiger partial charge in [-0.15, -0.1) is 0 Å². The molecule has 2 aromatic rings. The zero-order valence-corrected chi connectivity index (χ0v) is 16.0. The second-order valence-corrected chi connectivity index (χ2v) is 8.89. The SMILES string of the molecule is Cc1ccccc1C(=O)N(c1ccc(C(C)C)cc1)C1C=CS(=O)(=O)C1. The predicted octanol–water partition coefficient (Wildman–Crippen LogP) is 4.08. The summed E-state index contributed by atoms with van der Waals surface area (Å²) in [6.45, 7) is 6.10. The zero-order chi connectivity index (χ0) is 18.9. The van der Waals surface area contributed by atoms with E-state index in [9.17, 15) is 13.2 Å². The highest BCUT2D eigenvalue weighted by Gasteiger charge is 2.32. The van der Waals surface area contributed by atoms with Gasteiger partial charge in [0, 0.05) is 16.7 Å². The molecule has 0 N–H and O–H groups in total. The lowest BCUT2D eigenvalue weighted by molar-refractivity contribution is 0.0982. The van der Waals surface area contributed by atoms with Gasteiger partial charge in [-0.2, -0.15) is 0 Å². The Morgan fingerprint density at radius 3 is 2.27 bits per heavy atom. The monoisotopic (exact) mass is 369 g/mol. The second-order valence-electron chi connectivity index (χ2n) is 6.96. The van der Waals surface area contributed by atoms with Crippen LogP contribution in [0.2, 0.25) is 0 Å². The molecule has 0 aromatic heterocycles. The van der Waals surface area contributed by atoms with E-state index < -0.39 is 15.9 Å². The molecule has 0 radical (unpaired) electrons. The molecule has 0 aliphatic carbocycles. The Morgan fingerprint density at radius 2 is 1.73 bits per heavy atom. The third kappa shape index (κ3) is 3.73. The Morgan fingerprint density at radius 1 is 1.08 bits per heavy atom. The molecule has 1 heterocycles. The van der Waals surface area contributed by atoms with Gasteiger partial charge in [0.2, 0.25) is 0 Å². The highest BCUT2D eigenvalue weighted by Crippen LogP contribution is 2.27. The molecular formula is C21H23NO3S. The fraction of sp³-hybridized carbons (Fsp3) is 0.286. The lowest BCUT2D eigenvalue weighted by Crippen LogP contribution is -2.41. The number of nitrogens with zero attached hydrogens (tertiary/aromatic N) is 1. The van der Waals surface area contributed by atoms with E-state index in [1.54, 1.807) is 17.0 Å². The number of rotatable bonds is 4. The first-order valence-corrected chi connectivity index (χ1v) is 10.4. The van der Waals surface area contributed by atoms with E-state index in [0.717, 1.165) is 5.56 Å². The maximum atomic E-state index is 13.3. The molecule has 0 bridgehead atoms. The summed E-state index contributed by atoms with van der Waals surface area (Å²) in [5.41, 5.74) is 3.32. The van der Waals surface area contributed by atoms with Crippen LogP contribution in [0.15, 0.2) is 60.0 Å². The minimum absolute atomic E-state index is 0.0868. The predicted molar refractivity (Wildman–Crippen MR) is 105 cm³/mol. The van der Waals surface area contributed by atoms with Crippen LogP contribution in [0.4, 0.5) is 5.69 Å². The number of aryl methyl sites for hydroxylation is 1. The Bertz CT molecular complexity index is 943. The van der Waals surface area contributed by atoms with Crippen molar-refractivity contribution in [3.05, 3.63) is 76.7 Å². The van der Waals surface area contributed by atoms with Crippen LogP contribution < -0.4 is 4.90 Å². The maximum absolute atomic E-state index is 13.3. The number of sulfone groups is 1. The van der Waals surface area contributed by atoms with E-state index in [0.29, 0.717) is 17.2 Å². The molecule has 1 atom stereocenters. The van der Waals surface area contributed by atoms with Gasteiger partial charge >= 0.3 is 0 Å². The molecular weight excluding hydrogens is 346 g/mol. The van der Waals surface area contributed by atoms with Gasteiger partial charge in [-0.05, 0) is 48.2 Å². The molecule has 5 heteroatoms. The average Bonchev–Trinajstić information content (AvgIpc) is 2.95. The first-order chi connectivity index (χ1) is 12.3. The molecule has 1 unspecified atom stereocenters. The molecule has 1 aliphatic rings. The van der Waals surface area contributed by atoms with Crippen molar-refractivity contribution >= 4 is 21.4 Å². The van der Waals surface area contributed by atoms with E-state index >= 15 is 0 Å². The fourth-order valence-electron chi connectivity index (χ4n) is 3.14. The van der Waals surface area contributed by atoms with Crippen molar-refractivity contribution in [3.8, 4) is 0 Å². The van der Waals surface area contributed by atoms with Crippen molar-refractivity contribution < 1.29 is 13.2 Å². The summed E-state index contributed by atoms with van der Waals surface area (Å²) < 4.78 is 23.8. The summed E-state index contributed by atoms with van der Waals surface area (Å²) in [4.78, 5) is 14.9. The summed E-state index contributed by atoms with van der Waals surface area (Å²) in [6, 6.07) is 14.6. The summed E-state index contributed by atoms with van der Waals surface area (Å²) in [5.74, 6) is 0.111. The van der Waals surface area contributed by atoms with Crippen LogP contribution in [-0.4, -0.2) is 26.1 Å². The van der Waals surface area contributed by atoms with E-state index in [1.807, 2.05) is 49.4 Å². The number of amides is 1. The number of hydrogen-bond donors (Lipinski definition) is 0. The Hall–Kier alpha value is -2.40. The van der Waals surface area contributed by atoms with Crippen molar-refractivity contribution in [1.29, 1.82) is 0 Å². The molecule has 1 amide bonds. The molecule has 0 spiro atoms. The van der Waals surface area contributed by atoms with E-state index in [1.165, 1.54) is 11.0 Å². The van der Waals surface area contributed by atoms with Crippen molar-refractivity contribution in [2.45, 2.75) is 32.7 Å². The van der Waals surface area contributed by atoms with Gasteiger partial charge in [-0.3, -0.25) is 4.79 Å². The van der Waals surface area contributed by atoms with E-state index in [2.05, 4.69) is 13.8 Å². The highest BCUT2D eigenvalue weighted by atomic mass is 32.2. The van der Waals surface area contributed by atoms with Gasteiger partial charge in [0.05, 0.1) is 11.8 Å². The Balaban J connectivity index is 2.04. The van der Waals surface area contributed by atoms with E-state index in [4.69, 9.17) is 0 Å². The molecule has 2 aromatic carbocycles. The van der Waals surface area contributed by atoms with Crippen LogP contribution in [-0.2, 0) is 9.84 Å². The quantitative estimate of drug-likeness (QED) is 0.816. The Labute approximate surface area is 155 Å². The average molecular weight is 369 g/mol. The summed E-state index contributed by atoms with van der Waals surface area (Å²) in [6.07, 6.45) is 1.60. The van der Waals surface area contributed by atoms with Gasteiger partial charge in [-0.25, -0.2) is 8.42 Å². The largest absolute Gasteiger partial charge is 0.300 e. The molecule has 3 rings (SSSR count). The third-order valence-electron chi connectivity index (χ3n) is 4.67. The molecule has 1 aliphatic heterocycles. The standard InChI is InChI=1S/C21H23NO3S/c1-15(2)17-8-10-18(11-9-17)22(19-12-13-26(24,25)14-19)21(23)20-7-5-4-6-16(20)3/h4-13,15,19H,14H2,1-3H3. The van der Waals surface area contributed by atoms with Gasteiger partial charge < -0.3 is 4.90 Å². The second kappa shape index (κ2) is 7.08. The van der Waals surface area contributed by atoms with Crippen LogP contribution in [0, 0.1) is 6.92 Å². The summed E-state index contributed by atoms with van der Waals surface area (Å²) in [5, 5.41) is 1.21. The zero-order valence-electron chi connectivity index (χ0n) is 15.2. The summed E-state index contributed by atoms with van der Waals surface area (Å²) in [7, 11) is -3.27. The smallest absolute Gasteiger partial charge is 0.259 e. The number of carbonyl (C=O) groups excluding carboxylic acids is 1. The number of benzene rings is 2.